The molecule has 118 valence electrons. The monoisotopic (exact) mass is 310 g/mol. The van der Waals surface area contributed by atoms with E-state index >= 15 is 0 Å². The maximum Gasteiger partial charge on any atom is 0.225 e. The van der Waals surface area contributed by atoms with Crippen molar-refractivity contribution in [3.63, 3.8) is 0 Å². The maximum atomic E-state index is 12.4. The van der Waals surface area contributed by atoms with Crippen molar-refractivity contribution >= 4 is 16.9 Å². The van der Waals surface area contributed by atoms with Crippen molar-refractivity contribution in [3.05, 3.63) is 47.7 Å². The van der Waals surface area contributed by atoms with Crippen LogP contribution in [0.4, 0.5) is 0 Å². The van der Waals surface area contributed by atoms with E-state index in [-0.39, 0.29) is 11.9 Å². The van der Waals surface area contributed by atoms with Crippen LogP contribution in [0.3, 0.4) is 0 Å². The fourth-order valence-electron chi connectivity index (χ4n) is 3.19. The minimum Gasteiger partial charge on any atom is -0.464 e. The van der Waals surface area contributed by atoms with Gasteiger partial charge in [0.25, 0.3) is 0 Å². The van der Waals surface area contributed by atoms with Crippen LogP contribution in [0.2, 0.25) is 0 Å². The lowest BCUT2D eigenvalue weighted by molar-refractivity contribution is -0.121. The Morgan fingerprint density at radius 3 is 3.22 bits per heavy atom. The number of aromatic nitrogens is 3. The van der Waals surface area contributed by atoms with Gasteiger partial charge < -0.3 is 9.73 Å². The fraction of sp³-hybridized carbons (Fsp3) is 0.353. The van der Waals surface area contributed by atoms with Gasteiger partial charge in [-0.25, -0.2) is 9.67 Å². The zero-order valence-corrected chi connectivity index (χ0v) is 13.0. The van der Waals surface area contributed by atoms with Crippen LogP contribution in [0, 0.1) is 6.92 Å². The molecule has 0 saturated heterocycles. The zero-order chi connectivity index (χ0) is 15.8. The molecule has 3 aromatic rings. The molecule has 1 aliphatic rings. The molecular weight excluding hydrogens is 292 g/mol. The van der Waals surface area contributed by atoms with Gasteiger partial charge in [0, 0.05) is 17.5 Å². The minimum atomic E-state index is -0.0596. The van der Waals surface area contributed by atoms with Gasteiger partial charge in [0.2, 0.25) is 5.91 Å². The van der Waals surface area contributed by atoms with Crippen LogP contribution in [0.15, 0.2) is 34.9 Å². The summed E-state index contributed by atoms with van der Waals surface area (Å²) in [6, 6.07) is 7.69. The number of fused-ring (bicyclic) bond motifs is 2. The summed E-state index contributed by atoms with van der Waals surface area (Å²) in [4.78, 5) is 16.9. The lowest BCUT2D eigenvalue weighted by atomic mass is 10.1. The number of hydrogen-bond acceptors (Lipinski definition) is 4. The molecule has 0 radical (unpaired) electrons. The van der Waals surface area contributed by atoms with Crippen molar-refractivity contribution in [2.24, 2.45) is 0 Å². The smallest absolute Gasteiger partial charge is 0.225 e. The van der Waals surface area contributed by atoms with Crippen LogP contribution < -0.4 is 5.32 Å². The van der Waals surface area contributed by atoms with E-state index in [4.69, 9.17) is 4.42 Å². The van der Waals surface area contributed by atoms with Crippen LogP contribution in [0.5, 0.6) is 0 Å². The lowest BCUT2D eigenvalue weighted by Gasteiger charge is -2.23. The van der Waals surface area contributed by atoms with Crippen LogP contribution >= 0.6 is 0 Å². The normalized spacial score (nSPS) is 17.2. The molecule has 6 heteroatoms. The molecule has 4 rings (SSSR count). The molecule has 1 N–H and O–H groups in total. The van der Waals surface area contributed by atoms with Gasteiger partial charge in [0.05, 0.1) is 18.7 Å². The molecule has 0 aliphatic carbocycles. The number of furan rings is 1. The van der Waals surface area contributed by atoms with Crippen molar-refractivity contribution < 1.29 is 9.21 Å². The second-order valence-corrected chi connectivity index (χ2v) is 5.94. The van der Waals surface area contributed by atoms with Crippen molar-refractivity contribution in [2.75, 3.05) is 0 Å². The van der Waals surface area contributed by atoms with Gasteiger partial charge in [-0.2, -0.15) is 5.10 Å². The molecule has 3 heterocycles. The Labute approximate surface area is 133 Å². The van der Waals surface area contributed by atoms with Gasteiger partial charge in [0.1, 0.15) is 17.2 Å². The molecular formula is C17H18N4O2. The molecule has 0 bridgehead atoms. The molecule has 0 spiro atoms. The third kappa shape index (κ3) is 2.60. The van der Waals surface area contributed by atoms with E-state index in [0.29, 0.717) is 6.42 Å². The fourth-order valence-corrected chi connectivity index (χ4v) is 3.19. The molecule has 2 aromatic heterocycles. The van der Waals surface area contributed by atoms with Crippen molar-refractivity contribution in [1.29, 1.82) is 0 Å². The maximum absolute atomic E-state index is 12.4. The van der Waals surface area contributed by atoms with Crippen LogP contribution in [0.1, 0.15) is 36.1 Å². The number of nitrogens with one attached hydrogen (secondary N) is 1. The first-order valence-electron chi connectivity index (χ1n) is 7.86. The zero-order valence-electron chi connectivity index (χ0n) is 13.0. The van der Waals surface area contributed by atoms with Gasteiger partial charge in [-0.1, -0.05) is 18.2 Å². The average molecular weight is 310 g/mol. The summed E-state index contributed by atoms with van der Waals surface area (Å²) in [5, 5.41) is 8.44. The first kappa shape index (κ1) is 14.0. The van der Waals surface area contributed by atoms with Crippen LogP contribution in [-0.4, -0.2) is 20.7 Å². The Morgan fingerprint density at radius 2 is 2.30 bits per heavy atom. The number of para-hydroxylation sites is 1. The standard InChI is InChI=1S/C17H18N4O2/c1-11-18-17-14(6-4-8-21(17)20-11)19-16(22)9-12-10-23-15-7-3-2-5-13(12)15/h2-3,5,7,10,14H,4,6,8-9H2,1H3,(H,19,22). The summed E-state index contributed by atoms with van der Waals surface area (Å²) in [6.07, 6.45) is 3.86. The molecule has 23 heavy (non-hydrogen) atoms. The van der Waals surface area contributed by atoms with Gasteiger partial charge in [-0.15, -0.1) is 0 Å². The summed E-state index contributed by atoms with van der Waals surface area (Å²) < 4.78 is 7.39. The van der Waals surface area contributed by atoms with Crippen molar-refractivity contribution in [3.8, 4) is 0 Å². The SMILES string of the molecule is Cc1nc2n(n1)CCCC2NC(=O)Cc1coc2ccccc12. The number of amides is 1. The molecule has 1 aromatic carbocycles. The molecule has 0 saturated carbocycles. The molecule has 1 atom stereocenters. The van der Waals surface area contributed by atoms with Crippen LogP contribution in [-0.2, 0) is 17.8 Å². The Balaban J connectivity index is 1.50. The number of aryl methyl sites for hydroxylation is 2. The topological polar surface area (TPSA) is 73.0 Å². The highest BCUT2D eigenvalue weighted by atomic mass is 16.3. The predicted octanol–water partition coefficient (Wildman–Crippen LogP) is 2.53. The first-order valence-corrected chi connectivity index (χ1v) is 7.86. The Bertz CT molecular complexity index is 864. The van der Waals surface area contributed by atoms with Crippen LogP contribution in [0.25, 0.3) is 11.0 Å². The number of nitrogens with zero attached hydrogens (tertiary/aromatic N) is 3. The van der Waals surface area contributed by atoms with Crippen molar-refractivity contribution in [1.82, 2.24) is 20.1 Å². The molecule has 1 unspecified atom stereocenters. The highest BCUT2D eigenvalue weighted by molar-refractivity contribution is 5.87. The molecule has 6 nitrogen and oxygen atoms in total. The average Bonchev–Trinajstić information content (AvgIpc) is 3.11. The van der Waals surface area contributed by atoms with E-state index in [0.717, 1.165) is 47.6 Å². The Hall–Kier alpha value is -2.63. The lowest BCUT2D eigenvalue weighted by Crippen LogP contribution is -2.34. The second-order valence-electron chi connectivity index (χ2n) is 5.94. The second kappa shape index (κ2) is 5.53. The van der Waals surface area contributed by atoms with Gasteiger partial charge in [0.15, 0.2) is 0 Å². The Morgan fingerprint density at radius 1 is 1.43 bits per heavy atom. The summed E-state index contributed by atoms with van der Waals surface area (Å²) in [5.41, 5.74) is 1.72. The molecule has 0 fully saturated rings. The summed E-state index contributed by atoms with van der Waals surface area (Å²) >= 11 is 0. The van der Waals surface area contributed by atoms with E-state index in [1.807, 2.05) is 35.9 Å². The van der Waals surface area contributed by atoms with E-state index in [1.54, 1.807) is 6.26 Å². The van der Waals surface area contributed by atoms with Crippen molar-refractivity contribution in [2.45, 2.75) is 38.8 Å². The molecule has 1 aliphatic heterocycles. The van der Waals surface area contributed by atoms with Gasteiger partial charge in [-0.05, 0) is 25.8 Å². The predicted molar refractivity (Wildman–Crippen MR) is 84.8 cm³/mol. The summed E-state index contributed by atoms with van der Waals surface area (Å²) in [5.74, 6) is 1.59. The number of carbonyl (C=O) groups is 1. The first-order chi connectivity index (χ1) is 11.2. The van der Waals surface area contributed by atoms with E-state index in [9.17, 15) is 4.79 Å². The number of hydrogen-bond donors (Lipinski definition) is 1. The minimum absolute atomic E-state index is 0.0179. The number of rotatable bonds is 3. The van der Waals surface area contributed by atoms with Gasteiger partial charge >= 0.3 is 0 Å². The number of benzene rings is 1. The van der Waals surface area contributed by atoms with Gasteiger partial charge in [-0.3, -0.25) is 4.79 Å². The summed E-state index contributed by atoms with van der Waals surface area (Å²) in [7, 11) is 0. The van der Waals surface area contributed by atoms with E-state index in [1.165, 1.54) is 0 Å². The third-order valence-electron chi connectivity index (χ3n) is 4.23. The molecule has 1 amide bonds. The quantitative estimate of drug-likeness (QED) is 0.807. The van der Waals surface area contributed by atoms with E-state index < -0.39 is 0 Å². The largest absolute Gasteiger partial charge is 0.464 e. The number of carbonyl (C=O) groups excluding carboxylic acids is 1. The van der Waals surface area contributed by atoms with E-state index in [2.05, 4.69) is 15.4 Å². The Kier molecular flexibility index (Phi) is 3.37. The highest BCUT2D eigenvalue weighted by Crippen LogP contribution is 2.24. The highest BCUT2D eigenvalue weighted by Gasteiger charge is 2.25. The summed E-state index contributed by atoms with van der Waals surface area (Å²) in [6.45, 7) is 2.75. The third-order valence-corrected chi connectivity index (χ3v) is 4.23.